The summed E-state index contributed by atoms with van der Waals surface area (Å²) in [5.41, 5.74) is -0.397. The standard InChI is InChI=1S/C16H20F2N2O5S/c1-25-16(22)11-5-7-19(8-6-11)15(21)10-20(26(2,23)24)14-4-3-12(17)9-13(14)18/h3-4,9,11H,5-8,10H2,1-2H3. The Labute approximate surface area is 150 Å². The van der Waals surface area contributed by atoms with Gasteiger partial charge in [-0.15, -0.1) is 0 Å². The smallest absolute Gasteiger partial charge is 0.308 e. The molecule has 0 bridgehead atoms. The number of hydrogen-bond acceptors (Lipinski definition) is 5. The van der Waals surface area contributed by atoms with Crippen LogP contribution >= 0.6 is 0 Å². The molecule has 0 aromatic heterocycles. The number of sulfonamides is 1. The van der Waals surface area contributed by atoms with Gasteiger partial charge in [0.15, 0.2) is 0 Å². The van der Waals surface area contributed by atoms with Crippen LogP contribution in [0, 0.1) is 17.6 Å². The van der Waals surface area contributed by atoms with Gasteiger partial charge in [0, 0.05) is 19.2 Å². The fourth-order valence-electron chi connectivity index (χ4n) is 2.82. The van der Waals surface area contributed by atoms with Crippen molar-refractivity contribution in [2.24, 2.45) is 5.92 Å². The number of amides is 1. The van der Waals surface area contributed by atoms with E-state index in [1.165, 1.54) is 12.0 Å². The highest BCUT2D eigenvalue weighted by Gasteiger charge is 2.31. The van der Waals surface area contributed by atoms with E-state index in [1.807, 2.05) is 0 Å². The Balaban J connectivity index is 2.12. The highest BCUT2D eigenvalue weighted by Crippen LogP contribution is 2.24. The lowest BCUT2D eigenvalue weighted by atomic mass is 9.97. The first-order valence-corrected chi connectivity index (χ1v) is 9.76. The number of likely N-dealkylation sites (tertiary alicyclic amines) is 1. The lowest BCUT2D eigenvalue weighted by molar-refractivity contribution is -0.148. The summed E-state index contributed by atoms with van der Waals surface area (Å²) in [5, 5.41) is 0. The lowest BCUT2D eigenvalue weighted by Gasteiger charge is -2.32. The van der Waals surface area contributed by atoms with E-state index < -0.39 is 39.8 Å². The van der Waals surface area contributed by atoms with Gasteiger partial charge in [0.25, 0.3) is 0 Å². The van der Waals surface area contributed by atoms with Crippen molar-refractivity contribution < 1.29 is 31.5 Å². The average Bonchev–Trinajstić information content (AvgIpc) is 2.58. The van der Waals surface area contributed by atoms with Gasteiger partial charge < -0.3 is 9.64 Å². The number of rotatable bonds is 5. The molecule has 0 spiro atoms. The van der Waals surface area contributed by atoms with Crippen LogP contribution in [0.1, 0.15) is 12.8 Å². The number of benzene rings is 1. The largest absolute Gasteiger partial charge is 0.469 e. The fourth-order valence-corrected chi connectivity index (χ4v) is 3.67. The third-order valence-corrected chi connectivity index (χ3v) is 5.37. The Bertz CT molecular complexity index is 792. The van der Waals surface area contributed by atoms with E-state index in [4.69, 9.17) is 0 Å². The average molecular weight is 390 g/mol. The number of nitrogens with zero attached hydrogens (tertiary/aromatic N) is 2. The molecule has 0 radical (unpaired) electrons. The molecule has 1 heterocycles. The lowest BCUT2D eigenvalue weighted by Crippen LogP contribution is -2.46. The minimum absolute atomic E-state index is 0.266. The molecule has 7 nitrogen and oxygen atoms in total. The van der Waals surface area contributed by atoms with Crippen LogP contribution in [0.25, 0.3) is 0 Å². The highest BCUT2D eigenvalue weighted by atomic mass is 32.2. The zero-order valence-corrected chi connectivity index (χ0v) is 15.3. The summed E-state index contributed by atoms with van der Waals surface area (Å²) in [7, 11) is -2.67. The number of hydrogen-bond donors (Lipinski definition) is 0. The van der Waals surface area contributed by atoms with E-state index in [0.717, 1.165) is 18.4 Å². The molecule has 144 valence electrons. The number of esters is 1. The maximum Gasteiger partial charge on any atom is 0.308 e. The van der Waals surface area contributed by atoms with Crippen molar-refractivity contribution in [3.63, 3.8) is 0 Å². The molecular formula is C16H20F2N2O5S. The number of halogens is 2. The molecular weight excluding hydrogens is 370 g/mol. The Morgan fingerprint density at radius 3 is 2.38 bits per heavy atom. The molecule has 0 atom stereocenters. The maximum atomic E-state index is 14.0. The first kappa shape index (κ1) is 20.1. The molecule has 1 aliphatic rings. The summed E-state index contributed by atoms with van der Waals surface area (Å²) < 4.78 is 56.3. The van der Waals surface area contributed by atoms with Crippen LogP contribution < -0.4 is 4.31 Å². The van der Waals surface area contributed by atoms with Crippen molar-refractivity contribution in [2.45, 2.75) is 12.8 Å². The number of carbonyl (C=O) groups is 2. The van der Waals surface area contributed by atoms with Crippen LogP contribution in [0.3, 0.4) is 0 Å². The summed E-state index contributed by atoms with van der Waals surface area (Å²) in [6.07, 6.45) is 1.65. The van der Waals surface area contributed by atoms with E-state index in [1.54, 1.807) is 0 Å². The van der Waals surface area contributed by atoms with Crippen LogP contribution in [0.15, 0.2) is 18.2 Å². The van der Waals surface area contributed by atoms with Gasteiger partial charge in [0.1, 0.15) is 18.2 Å². The van der Waals surface area contributed by atoms with Gasteiger partial charge in [0.05, 0.1) is 25.0 Å². The summed E-state index contributed by atoms with van der Waals surface area (Å²) >= 11 is 0. The van der Waals surface area contributed by atoms with Crippen LogP contribution in [0.4, 0.5) is 14.5 Å². The summed E-state index contributed by atoms with van der Waals surface area (Å²) in [6, 6.07) is 2.45. The normalized spacial score (nSPS) is 15.6. The van der Waals surface area contributed by atoms with Crippen molar-refractivity contribution in [1.82, 2.24) is 4.90 Å². The van der Waals surface area contributed by atoms with E-state index in [-0.39, 0.29) is 25.0 Å². The molecule has 0 aliphatic carbocycles. The highest BCUT2D eigenvalue weighted by molar-refractivity contribution is 7.92. The third-order valence-electron chi connectivity index (χ3n) is 4.24. The van der Waals surface area contributed by atoms with Crippen molar-refractivity contribution in [3.8, 4) is 0 Å². The molecule has 10 heteroatoms. The molecule has 1 aliphatic heterocycles. The molecule has 1 fully saturated rings. The van der Waals surface area contributed by atoms with E-state index >= 15 is 0 Å². The van der Waals surface area contributed by atoms with Gasteiger partial charge in [0.2, 0.25) is 15.9 Å². The second-order valence-corrected chi connectivity index (χ2v) is 7.95. The summed E-state index contributed by atoms with van der Waals surface area (Å²) in [5.74, 6) is -3.10. The van der Waals surface area contributed by atoms with Gasteiger partial charge in [-0.05, 0) is 25.0 Å². The number of carbonyl (C=O) groups excluding carboxylic acids is 2. The molecule has 1 saturated heterocycles. The number of methoxy groups -OCH3 is 1. The van der Waals surface area contributed by atoms with Crippen LogP contribution in [-0.4, -0.2) is 58.2 Å². The Kier molecular flexibility index (Phi) is 6.17. The fraction of sp³-hybridized carbons (Fsp3) is 0.500. The molecule has 0 N–H and O–H groups in total. The number of piperidine rings is 1. The Morgan fingerprint density at radius 2 is 1.88 bits per heavy atom. The van der Waals surface area contributed by atoms with Crippen LogP contribution in [0.2, 0.25) is 0 Å². The zero-order valence-electron chi connectivity index (χ0n) is 14.4. The van der Waals surface area contributed by atoms with Gasteiger partial charge in [-0.2, -0.15) is 0 Å². The van der Waals surface area contributed by atoms with Gasteiger partial charge >= 0.3 is 5.97 Å². The quantitative estimate of drug-likeness (QED) is 0.704. The van der Waals surface area contributed by atoms with Crippen molar-refractivity contribution in [2.75, 3.05) is 37.3 Å². The molecule has 2 rings (SSSR count). The Hall–Kier alpha value is -2.23. The molecule has 0 saturated carbocycles. The van der Waals surface area contributed by atoms with E-state index in [2.05, 4.69) is 4.74 Å². The predicted octanol–water partition coefficient (Wildman–Crippen LogP) is 1.14. The van der Waals surface area contributed by atoms with E-state index in [9.17, 15) is 26.8 Å². The SMILES string of the molecule is COC(=O)C1CCN(C(=O)CN(c2ccc(F)cc2F)S(C)(=O)=O)CC1. The second kappa shape index (κ2) is 7.98. The van der Waals surface area contributed by atoms with E-state index in [0.29, 0.717) is 23.2 Å². The molecule has 1 aromatic carbocycles. The molecule has 1 amide bonds. The predicted molar refractivity (Wildman–Crippen MR) is 89.9 cm³/mol. The molecule has 1 aromatic rings. The van der Waals surface area contributed by atoms with Crippen molar-refractivity contribution in [1.29, 1.82) is 0 Å². The number of ether oxygens (including phenoxy) is 1. The van der Waals surface area contributed by atoms with Gasteiger partial charge in [-0.25, -0.2) is 17.2 Å². The topological polar surface area (TPSA) is 84.0 Å². The Morgan fingerprint density at radius 1 is 1.27 bits per heavy atom. The molecule has 26 heavy (non-hydrogen) atoms. The minimum atomic E-state index is -3.97. The van der Waals surface area contributed by atoms with Crippen molar-refractivity contribution >= 4 is 27.6 Å². The summed E-state index contributed by atoms with van der Waals surface area (Å²) in [4.78, 5) is 25.4. The first-order chi connectivity index (χ1) is 12.1. The first-order valence-electron chi connectivity index (χ1n) is 7.92. The minimum Gasteiger partial charge on any atom is -0.469 e. The summed E-state index contributed by atoms with van der Waals surface area (Å²) in [6.45, 7) is -0.0749. The molecule has 0 unspecified atom stereocenters. The maximum absolute atomic E-state index is 14.0. The number of anilines is 1. The van der Waals surface area contributed by atoms with Crippen LogP contribution in [-0.2, 0) is 24.3 Å². The van der Waals surface area contributed by atoms with Gasteiger partial charge in [-0.3, -0.25) is 13.9 Å². The second-order valence-electron chi connectivity index (χ2n) is 6.04. The monoisotopic (exact) mass is 390 g/mol. The van der Waals surface area contributed by atoms with Crippen LogP contribution in [0.5, 0.6) is 0 Å². The zero-order chi connectivity index (χ0) is 19.5. The third kappa shape index (κ3) is 4.69. The van der Waals surface area contributed by atoms with Crippen molar-refractivity contribution in [3.05, 3.63) is 29.8 Å². The van der Waals surface area contributed by atoms with Gasteiger partial charge in [-0.1, -0.05) is 0 Å².